The molecule has 0 aliphatic carbocycles. The van der Waals surface area contributed by atoms with Crippen molar-refractivity contribution in [2.75, 3.05) is 68.6 Å². The summed E-state index contributed by atoms with van der Waals surface area (Å²) in [6.45, 7) is 6.21. The number of hydrogen-bond acceptors (Lipinski definition) is 8. The Morgan fingerprint density at radius 3 is 2.47 bits per heavy atom. The molecule has 5 rings (SSSR count). The zero-order chi connectivity index (χ0) is 21.9. The van der Waals surface area contributed by atoms with Gasteiger partial charge in [0.15, 0.2) is 0 Å². The van der Waals surface area contributed by atoms with Gasteiger partial charge < -0.3 is 30.5 Å². The van der Waals surface area contributed by atoms with Crippen LogP contribution in [0.1, 0.15) is 12.8 Å². The summed E-state index contributed by atoms with van der Waals surface area (Å²) in [5, 5.41) is 17.3. The predicted octanol–water partition coefficient (Wildman–Crippen LogP) is 2.28. The fourth-order valence-electron chi connectivity index (χ4n) is 4.47. The lowest BCUT2D eigenvalue weighted by atomic mass is 10.1. The van der Waals surface area contributed by atoms with Crippen LogP contribution in [0.4, 0.5) is 23.1 Å². The molecule has 2 saturated heterocycles. The highest BCUT2D eigenvalue weighted by atomic mass is 16.3. The quantitative estimate of drug-likeness (QED) is 0.468. The van der Waals surface area contributed by atoms with E-state index in [-0.39, 0.29) is 6.73 Å². The van der Waals surface area contributed by atoms with Crippen molar-refractivity contribution in [3.8, 4) is 0 Å². The molecule has 0 atom stereocenters. The number of H-pyrrole nitrogens is 1. The van der Waals surface area contributed by atoms with E-state index < -0.39 is 0 Å². The van der Waals surface area contributed by atoms with Crippen molar-refractivity contribution in [2.45, 2.75) is 18.9 Å². The first-order chi connectivity index (χ1) is 15.7. The summed E-state index contributed by atoms with van der Waals surface area (Å²) in [6, 6.07) is 10.8. The fourth-order valence-corrected chi connectivity index (χ4v) is 4.47. The average molecular weight is 437 g/mol. The van der Waals surface area contributed by atoms with Crippen molar-refractivity contribution in [3.63, 3.8) is 0 Å². The first-order valence-electron chi connectivity index (χ1n) is 11.4. The van der Waals surface area contributed by atoms with E-state index in [0.717, 1.165) is 74.6 Å². The number of aromatic nitrogens is 3. The number of fused-ring (bicyclic) bond motifs is 1. The lowest BCUT2D eigenvalue weighted by Gasteiger charge is -2.34. The van der Waals surface area contributed by atoms with Gasteiger partial charge in [0, 0.05) is 62.9 Å². The summed E-state index contributed by atoms with van der Waals surface area (Å²) in [5.74, 6) is 1.41. The van der Waals surface area contributed by atoms with Crippen LogP contribution in [-0.4, -0.2) is 88.9 Å². The van der Waals surface area contributed by atoms with E-state index in [9.17, 15) is 5.11 Å². The smallest absolute Gasteiger partial charge is 0.231 e. The van der Waals surface area contributed by atoms with Crippen molar-refractivity contribution < 1.29 is 5.11 Å². The molecule has 1 aromatic carbocycles. The Labute approximate surface area is 188 Å². The summed E-state index contributed by atoms with van der Waals surface area (Å²) in [4.78, 5) is 19.5. The number of anilines is 4. The number of aliphatic hydroxyl groups is 1. The summed E-state index contributed by atoms with van der Waals surface area (Å²) < 4.78 is 0. The van der Waals surface area contributed by atoms with Crippen molar-refractivity contribution in [3.05, 3.63) is 36.5 Å². The highest BCUT2D eigenvalue weighted by molar-refractivity contribution is 5.88. The molecule has 2 fully saturated rings. The first kappa shape index (κ1) is 21.0. The van der Waals surface area contributed by atoms with Crippen LogP contribution in [-0.2, 0) is 0 Å². The Kier molecular flexibility index (Phi) is 6.11. The molecule has 9 heteroatoms. The third-order valence-corrected chi connectivity index (χ3v) is 6.54. The summed E-state index contributed by atoms with van der Waals surface area (Å²) in [5.41, 5.74) is 3.03. The zero-order valence-corrected chi connectivity index (χ0v) is 18.6. The van der Waals surface area contributed by atoms with Gasteiger partial charge >= 0.3 is 0 Å². The van der Waals surface area contributed by atoms with Crippen LogP contribution in [0.25, 0.3) is 11.0 Å². The van der Waals surface area contributed by atoms with E-state index in [1.165, 1.54) is 5.69 Å². The van der Waals surface area contributed by atoms with Crippen molar-refractivity contribution in [1.82, 2.24) is 24.8 Å². The molecule has 0 amide bonds. The van der Waals surface area contributed by atoms with Crippen LogP contribution in [0.3, 0.4) is 0 Å². The van der Waals surface area contributed by atoms with Crippen LogP contribution in [0, 0.1) is 0 Å². The highest BCUT2D eigenvalue weighted by Gasteiger charge is 2.20. The molecule has 2 aliphatic heterocycles. The minimum absolute atomic E-state index is 0.129. The van der Waals surface area contributed by atoms with Crippen LogP contribution >= 0.6 is 0 Å². The molecule has 4 N–H and O–H groups in total. The lowest BCUT2D eigenvalue weighted by Crippen LogP contribution is -2.44. The van der Waals surface area contributed by atoms with E-state index in [4.69, 9.17) is 4.98 Å². The molecule has 170 valence electrons. The minimum Gasteiger partial charge on any atom is -0.381 e. The van der Waals surface area contributed by atoms with Gasteiger partial charge in [-0.05, 0) is 50.2 Å². The molecule has 4 heterocycles. The molecule has 32 heavy (non-hydrogen) atoms. The summed E-state index contributed by atoms with van der Waals surface area (Å²) >= 11 is 0. The second kappa shape index (κ2) is 9.32. The van der Waals surface area contributed by atoms with E-state index >= 15 is 0 Å². The lowest BCUT2D eigenvalue weighted by molar-refractivity contribution is 0.0864. The van der Waals surface area contributed by atoms with E-state index in [1.807, 2.05) is 12.3 Å². The van der Waals surface area contributed by atoms with Gasteiger partial charge in [-0.3, -0.25) is 4.90 Å². The molecular formula is C23H32N8O. The molecule has 0 spiro atoms. The largest absolute Gasteiger partial charge is 0.381 e. The summed E-state index contributed by atoms with van der Waals surface area (Å²) in [6.07, 6.45) is 3.85. The maximum atomic E-state index is 9.33. The average Bonchev–Trinajstić information content (AvgIpc) is 3.30. The number of likely N-dealkylation sites (tertiary alicyclic amines) is 1. The number of benzene rings is 1. The van der Waals surface area contributed by atoms with E-state index in [0.29, 0.717) is 12.0 Å². The Morgan fingerprint density at radius 1 is 1.00 bits per heavy atom. The normalized spacial score (nSPS) is 18.9. The van der Waals surface area contributed by atoms with Gasteiger partial charge in [-0.25, -0.2) is 0 Å². The molecule has 2 aliphatic rings. The number of nitrogens with zero attached hydrogens (tertiary/aromatic N) is 5. The van der Waals surface area contributed by atoms with Crippen LogP contribution < -0.4 is 15.5 Å². The Balaban J connectivity index is 1.29. The number of aliphatic hydroxyl groups excluding tert-OH is 1. The molecule has 2 aromatic heterocycles. The minimum atomic E-state index is 0.129. The Hall–Kier alpha value is -2.88. The number of piperazine rings is 1. The van der Waals surface area contributed by atoms with Crippen LogP contribution in [0.2, 0.25) is 0 Å². The van der Waals surface area contributed by atoms with Gasteiger partial charge in [0.05, 0.1) is 12.1 Å². The number of rotatable bonds is 6. The van der Waals surface area contributed by atoms with Crippen LogP contribution in [0.15, 0.2) is 36.5 Å². The number of likely N-dealkylation sites (N-methyl/N-ethyl adjacent to an activating group) is 1. The Bertz CT molecular complexity index is 1020. The second-order valence-electron chi connectivity index (χ2n) is 8.78. The Morgan fingerprint density at radius 2 is 1.75 bits per heavy atom. The third-order valence-electron chi connectivity index (χ3n) is 6.54. The molecule has 0 radical (unpaired) electrons. The predicted molar refractivity (Wildman–Crippen MR) is 129 cm³/mol. The standard InChI is InChI=1S/C23H32N8O/c1-29-12-14-31(15-13-29)19-4-2-17(3-5-19)26-23-27-21-20(6-9-24-21)22(28-23)25-18-7-10-30(16-32)11-8-18/h2-6,9,18,32H,7-8,10-16H2,1H3,(H3,24,25,26,27,28). The van der Waals surface area contributed by atoms with Gasteiger partial charge in [0.25, 0.3) is 0 Å². The second-order valence-corrected chi connectivity index (χ2v) is 8.78. The van der Waals surface area contributed by atoms with E-state index in [1.54, 1.807) is 0 Å². The molecule has 0 saturated carbocycles. The van der Waals surface area contributed by atoms with Gasteiger partial charge in [-0.2, -0.15) is 9.97 Å². The maximum Gasteiger partial charge on any atom is 0.231 e. The maximum absolute atomic E-state index is 9.33. The summed E-state index contributed by atoms with van der Waals surface area (Å²) in [7, 11) is 2.17. The molecule has 9 nitrogen and oxygen atoms in total. The van der Waals surface area contributed by atoms with Crippen molar-refractivity contribution in [1.29, 1.82) is 0 Å². The van der Waals surface area contributed by atoms with Gasteiger partial charge in [0.2, 0.25) is 5.95 Å². The molecule has 0 unspecified atom stereocenters. The van der Waals surface area contributed by atoms with E-state index in [2.05, 4.69) is 66.6 Å². The number of nitrogens with one attached hydrogen (secondary N) is 3. The number of piperidine rings is 1. The van der Waals surface area contributed by atoms with Crippen molar-refractivity contribution >= 4 is 34.2 Å². The molecule has 3 aromatic rings. The van der Waals surface area contributed by atoms with Gasteiger partial charge in [-0.15, -0.1) is 0 Å². The SMILES string of the molecule is CN1CCN(c2ccc(Nc3nc(NC4CCN(CO)CC4)c4cc[nH]c4n3)cc2)CC1. The molecular weight excluding hydrogens is 404 g/mol. The third kappa shape index (κ3) is 4.64. The molecule has 0 bridgehead atoms. The first-order valence-corrected chi connectivity index (χ1v) is 11.4. The monoisotopic (exact) mass is 436 g/mol. The topological polar surface area (TPSA) is 95.6 Å². The van der Waals surface area contributed by atoms with Crippen molar-refractivity contribution in [2.24, 2.45) is 0 Å². The van der Waals surface area contributed by atoms with Gasteiger partial charge in [0.1, 0.15) is 11.5 Å². The zero-order valence-electron chi connectivity index (χ0n) is 18.6. The fraction of sp³-hybridized carbons (Fsp3) is 0.478. The number of hydrogen-bond donors (Lipinski definition) is 4. The number of aromatic amines is 1. The van der Waals surface area contributed by atoms with Gasteiger partial charge in [-0.1, -0.05) is 0 Å². The highest BCUT2D eigenvalue weighted by Crippen LogP contribution is 2.26. The van der Waals surface area contributed by atoms with Crippen LogP contribution in [0.5, 0.6) is 0 Å².